The minimum atomic E-state index is 0.875. The van der Waals surface area contributed by atoms with Crippen LogP contribution in [0.1, 0.15) is 18.1 Å². The number of benzene rings is 2. The van der Waals surface area contributed by atoms with Gasteiger partial charge in [0.1, 0.15) is 0 Å². The predicted molar refractivity (Wildman–Crippen MR) is 79.8 cm³/mol. The van der Waals surface area contributed by atoms with Gasteiger partial charge in [-0.2, -0.15) is 0 Å². The molecule has 0 saturated carbocycles. The summed E-state index contributed by atoms with van der Waals surface area (Å²) >= 11 is 0. The molecule has 0 unspecified atom stereocenters. The zero-order valence-corrected chi connectivity index (χ0v) is 11.0. The van der Waals surface area contributed by atoms with Crippen molar-refractivity contribution < 1.29 is 0 Å². The van der Waals surface area contributed by atoms with E-state index in [1.807, 2.05) is 6.07 Å². The van der Waals surface area contributed by atoms with Crippen molar-refractivity contribution in [1.29, 1.82) is 0 Å². The highest BCUT2D eigenvalue weighted by atomic mass is 14.9. The van der Waals surface area contributed by atoms with E-state index < -0.39 is 0 Å². The highest BCUT2D eigenvalue weighted by Gasteiger charge is 1.96. The van der Waals surface area contributed by atoms with Gasteiger partial charge in [-0.05, 0) is 31.0 Å². The van der Waals surface area contributed by atoms with Crippen molar-refractivity contribution >= 4 is 11.8 Å². The van der Waals surface area contributed by atoms with Crippen LogP contribution in [0.5, 0.6) is 0 Å². The smallest absolute Gasteiger partial charge is 0.0372 e. The molecule has 0 atom stereocenters. The van der Waals surface area contributed by atoms with Crippen molar-refractivity contribution in [2.75, 3.05) is 11.9 Å². The van der Waals surface area contributed by atoms with E-state index >= 15 is 0 Å². The second-order valence-electron chi connectivity index (χ2n) is 4.57. The fraction of sp³-hybridized carbons (Fsp3) is 0.176. The second kappa shape index (κ2) is 6.06. The maximum absolute atomic E-state index is 3.46. The zero-order chi connectivity index (χ0) is 12.8. The van der Waals surface area contributed by atoms with Gasteiger partial charge >= 0.3 is 0 Å². The number of anilines is 1. The van der Waals surface area contributed by atoms with Crippen LogP contribution in [0, 0.1) is 6.92 Å². The van der Waals surface area contributed by atoms with Crippen LogP contribution in [-0.4, -0.2) is 6.54 Å². The van der Waals surface area contributed by atoms with Gasteiger partial charge < -0.3 is 5.32 Å². The molecule has 0 radical (unpaired) electrons. The summed E-state index contributed by atoms with van der Waals surface area (Å²) in [5.41, 5.74) is 5.06. The van der Waals surface area contributed by atoms with E-state index in [1.165, 1.54) is 22.4 Å². The quantitative estimate of drug-likeness (QED) is 0.825. The Balaban J connectivity index is 1.99. The average molecular weight is 237 g/mol. The Labute approximate surface area is 109 Å². The molecule has 1 nitrogen and oxygen atoms in total. The van der Waals surface area contributed by atoms with E-state index in [1.54, 1.807) is 0 Å². The minimum Gasteiger partial charge on any atom is -0.381 e. The van der Waals surface area contributed by atoms with Gasteiger partial charge in [0.15, 0.2) is 0 Å². The summed E-state index contributed by atoms with van der Waals surface area (Å²) in [7, 11) is 0. The van der Waals surface area contributed by atoms with Crippen LogP contribution < -0.4 is 5.32 Å². The lowest BCUT2D eigenvalue weighted by Crippen LogP contribution is -2.03. The van der Waals surface area contributed by atoms with E-state index in [0.717, 1.165) is 6.54 Å². The van der Waals surface area contributed by atoms with Gasteiger partial charge in [0.25, 0.3) is 0 Å². The lowest BCUT2D eigenvalue weighted by atomic mass is 10.1. The highest BCUT2D eigenvalue weighted by molar-refractivity contribution is 5.56. The largest absolute Gasteiger partial charge is 0.381 e. The molecule has 0 fully saturated rings. The normalized spacial score (nSPS) is 11.3. The monoisotopic (exact) mass is 237 g/mol. The third kappa shape index (κ3) is 3.49. The number of hydrogen-bond acceptors (Lipinski definition) is 1. The summed E-state index contributed by atoms with van der Waals surface area (Å²) in [5.74, 6) is 0. The summed E-state index contributed by atoms with van der Waals surface area (Å²) in [6.07, 6.45) is 2.21. The summed E-state index contributed by atoms with van der Waals surface area (Å²) in [6.45, 7) is 5.15. The van der Waals surface area contributed by atoms with Gasteiger partial charge in [-0.15, -0.1) is 0 Å². The van der Waals surface area contributed by atoms with E-state index in [2.05, 4.69) is 73.8 Å². The molecule has 1 N–H and O–H groups in total. The lowest BCUT2D eigenvalue weighted by molar-refractivity contribution is 1.21. The molecule has 0 aliphatic heterocycles. The zero-order valence-electron chi connectivity index (χ0n) is 11.0. The molecule has 0 aliphatic rings. The summed E-state index contributed by atoms with van der Waals surface area (Å²) < 4.78 is 0. The third-order valence-electron chi connectivity index (χ3n) is 2.92. The Morgan fingerprint density at radius 1 is 1.00 bits per heavy atom. The first-order chi connectivity index (χ1) is 8.75. The fourth-order valence-electron chi connectivity index (χ4n) is 1.89. The molecule has 18 heavy (non-hydrogen) atoms. The molecule has 2 rings (SSSR count). The molecule has 0 aliphatic carbocycles. The Morgan fingerprint density at radius 2 is 1.67 bits per heavy atom. The Hall–Kier alpha value is -2.02. The fourth-order valence-corrected chi connectivity index (χ4v) is 1.89. The number of aryl methyl sites for hydroxylation is 1. The van der Waals surface area contributed by atoms with Crippen LogP contribution in [0.4, 0.5) is 5.69 Å². The average Bonchev–Trinajstić information content (AvgIpc) is 2.39. The number of hydrogen-bond donors (Lipinski definition) is 1. The van der Waals surface area contributed by atoms with Crippen molar-refractivity contribution in [2.24, 2.45) is 0 Å². The van der Waals surface area contributed by atoms with Crippen molar-refractivity contribution in [3.63, 3.8) is 0 Å². The second-order valence-corrected chi connectivity index (χ2v) is 4.57. The van der Waals surface area contributed by atoms with Crippen molar-refractivity contribution in [2.45, 2.75) is 13.8 Å². The molecular formula is C17H19N. The van der Waals surface area contributed by atoms with Gasteiger partial charge in [-0.1, -0.05) is 60.2 Å². The first-order valence-corrected chi connectivity index (χ1v) is 6.27. The van der Waals surface area contributed by atoms with Gasteiger partial charge in [-0.3, -0.25) is 0 Å². The van der Waals surface area contributed by atoms with Crippen LogP contribution in [0.25, 0.3) is 6.08 Å². The van der Waals surface area contributed by atoms with Crippen LogP contribution >= 0.6 is 0 Å². The molecule has 92 valence electrons. The molecule has 0 aromatic heterocycles. The standard InChI is InChI=1S/C17H19N/c1-14(12-16-9-4-3-5-10-16)13-18-17-11-7-6-8-15(17)2/h3-12,18H,13H2,1-2H3. The van der Waals surface area contributed by atoms with E-state index in [9.17, 15) is 0 Å². The molecule has 2 aromatic rings. The predicted octanol–water partition coefficient (Wildman–Crippen LogP) is 4.51. The van der Waals surface area contributed by atoms with Crippen LogP contribution in [0.15, 0.2) is 60.2 Å². The van der Waals surface area contributed by atoms with Crippen molar-refractivity contribution in [3.05, 3.63) is 71.3 Å². The summed E-state index contributed by atoms with van der Waals surface area (Å²) in [6, 6.07) is 18.8. The third-order valence-corrected chi connectivity index (χ3v) is 2.92. The SMILES string of the molecule is CC(=Cc1ccccc1)CNc1ccccc1C. The number of rotatable bonds is 4. The summed E-state index contributed by atoms with van der Waals surface area (Å²) in [4.78, 5) is 0. The van der Waals surface area contributed by atoms with Gasteiger partial charge in [0, 0.05) is 12.2 Å². The summed E-state index contributed by atoms with van der Waals surface area (Å²) in [5, 5.41) is 3.46. The van der Waals surface area contributed by atoms with Crippen molar-refractivity contribution in [3.8, 4) is 0 Å². The van der Waals surface area contributed by atoms with Crippen LogP contribution in [-0.2, 0) is 0 Å². The molecule has 0 spiro atoms. The Bertz CT molecular complexity index is 526. The lowest BCUT2D eigenvalue weighted by Gasteiger charge is -2.09. The van der Waals surface area contributed by atoms with Crippen LogP contribution in [0.2, 0.25) is 0 Å². The molecule has 0 heterocycles. The number of para-hydroxylation sites is 1. The molecule has 0 amide bonds. The first-order valence-electron chi connectivity index (χ1n) is 6.27. The maximum atomic E-state index is 3.46. The van der Waals surface area contributed by atoms with E-state index in [4.69, 9.17) is 0 Å². The maximum Gasteiger partial charge on any atom is 0.0372 e. The molecule has 2 aromatic carbocycles. The van der Waals surface area contributed by atoms with E-state index in [0.29, 0.717) is 0 Å². The van der Waals surface area contributed by atoms with Gasteiger partial charge in [0.05, 0.1) is 0 Å². The molecule has 0 bridgehead atoms. The molecule has 0 saturated heterocycles. The Kier molecular flexibility index (Phi) is 4.19. The van der Waals surface area contributed by atoms with E-state index in [-0.39, 0.29) is 0 Å². The Morgan fingerprint density at radius 3 is 2.39 bits per heavy atom. The number of nitrogens with one attached hydrogen (secondary N) is 1. The van der Waals surface area contributed by atoms with Gasteiger partial charge in [-0.25, -0.2) is 0 Å². The van der Waals surface area contributed by atoms with Crippen LogP contribution in [0.3, 0.4) is 0 Å². The van der Waals surface area contributed by atoms with Crippen molar-refractivity contribution in [1.82, 2.24) is 0 Å². The molecular weight excluding hydrogens is 218 g/mol. The van der Waals surface area contributed by atoms with Gasteiger partial charge in [0.2, 0.25) is 0 Å². The first kappa shape index (κ1) is 12.4. The topological polar surface area (TPSA) is 12.0 Å². The highest BCUT2D eigenvalue weighted by Crippen LogP contribution is 2.14. The molecule has 1 heteroatoms. The minimum absolute atomic E-state index is 0.875.